The molecule has 3 aliphatic rings. The first kappa shape index (κ1) is 21.8. The van der Waals surface area contributed by atoms with Crippen molar-refractivity contribution in [1.29, 1.82) is 0 Å². The summed E-state index contributed by atoms with van der Waals surface area (Å²) in [6.45, 7) is 11.9. The molecule has 0 spiro atoms. The molecule has 1 N–H and O–H groups in total. The SMILES string of the molecule is [B]CC1=CC[C@H]2C(C1)C1C(O)=CC(C(C)(C)CCCCCC)=CC1CC2(C)C. The van der Waals surface area contributed by atoms with Gasteiger partial charge in [0.2, 0.25) is 0 Å². The molecule has 0 bridgehead atoms. The van der Waals surface area contributed by atoms with Crippen LogP contribution in [-0.2, 0) is 0 Å². The number of aliphatic hydroxyl groups excluding tert-OH is 1. The number of fused-ring (bicyclic) bond motifs is 3. The summed E-state index contributed by atoms with van der Waals surface area (Å²) in [6.07, 6.45) is 17.5. The third kappa shape index (κ3) is 4.31. The van der Waals surface area contributed by atoms with Crippen LogP contribution in [0.1, 0.15) is 86.0 Å². The van der Waals surface area contributed by atoms with Gasteiger partial charge in [-0.05, 0) is 65.9 Å². The van der Waals surface area contributed by atoms with Crippen LogP contribution in [-0.4, -0.2) is 13.0 Å². The van der Waals surface area contributed by atoms with E-state index in [0.717, 1.165) is 12.8 Å². The lowest BCUT2D eigenvalue weighted by Gasteiger charge is -2.54. The van der Waals surface area contributed by atoms with Gasteiger partial charge in [-0.2, -0.15) is 0 Å². The van der Waals surface area contributed by atoms with E-state index < -0.39 is 0 Å². The first-order valence-corrected chi connectivity index (χ1v) is 11.7. The van der Waals surface area contributed by atoms with E-state index in [9.17, 15) is 5.11 Å². The van der Waals surface area contributed by atoms with Gasteiger partial charge in [0, 0.05) is 5.92 Å². The van der Waals surface area contributed by atoms with Gasteiger partial charge in [-0.25, -0.2) is 0 Å². The van der Waals surface area contributed by atoms with Gasteiger partial charge in [0.1, 0.15) is 0 Å². The molecule has 0 saturated heterocycles. The molecule has 0 aromatic carbocycles. The van der Waals surface area contributed by atoms with Crippen LogP contribution in [0.15, 0.2) is 35.1 Å². The van der Waals surface area contributed by atoms with Gasteiger partial charge in [-0.1, -0.05) is 84.3 Å². The van der Waals surface area contributed by atoms with Crippen LogP contribution in [0, 0.1) is 34.5 Å². The molecule has 0 aliphatic heterocycles. The van der Waals surface area contributed by atoms with Crippen LogP contribution in [0.4, 0.5) is 0 Å². The zero-order valence-corrected chi connectivity index (χ0v) is 18.9. The predicted molar refractivity (Wildman–Crippen MR) is 122 cm³/mol. The van der Waals surface area contributed by atoms with Crippen molar-refractivity contribution in [1.82, 2.24) is 0 Å². The van der Waals surface area contributed by atoms with Gasteiger partial charge in [0.05, 0.1) is 13.6 Å². The van der Waals surface area contributed by atoms with Crippen molar-refractivity contribution in [3.8, 4) is 0 Å². The molecular weight excluding hydrogens is 339 g/mol. The molecule has 4 atom stereocenters. The lowest BCUT2D eigenvalue weighted by atomic mass is 9.50. The predicted octanol–water partition coefficient (Wildman–Crippen LogP) is 7.57. The fourth-order valence-corrected chi connectivity index (χ4v) is 6.34. The largest absolute Gasteiger partial charge is 0.512 e. The van der Waals surface area contributed by atoms with Crippen LogP contribution in [0.3, 0.4) is 0 Å². The number of allylic oxidation sites excluding steroid dienone is 6. The Labute approximate surface area is 175 Å². The standard InChI is InChI=1S/C26H41BO/c1-6-7-8-9-12-25(2,3)20-14-19-16-26(4,5)22-11-10-18(17-27)13-21(22)24(19)23(28)15-20/h10,14-15,19,21-22,24,28H,6-9,11-13,16-17H2,1-5H3/t19?,21?,22-,24?/m0/s1. The van der Waals surface area contributed by atoms with Crippen LogP contribution >= 0.6 is 0 Å². The number of rotatable bonds is 7. The molecule has 28 heavy (non-hydrogen) atoms. The maximum atomic E-state index is 11.2. The van der Waals surface area contributed by atoms with E-state index in [2.05, 4.69) is 52.8 Å². The highest BCUT2D eigenvalue weighted by molar-refractivity contribution is 6.10. The van der Waals surface area contributed by atoms with Crippen molar-refractivity contribution >= 4 is 7.85 Å². The molecule has 0 amide bonds. The zero-order valence-electron chi connectivity index (χ0n) is 18.9. The molecule has 2 radical (unpaired) electrons. The average molecular weight is 380 g/mol. The Hall–Kier alpha value is -0.915. The summed E-state index contributed by atoms with van der Waals surface area (Å²) < 4.78 is 0. The van der Waals surface area contributed by atoms with E-state index in [0.29, 0.717) is 35.2 Å². The number of hydrogen-bond donors (Lipinski definition) is 1. The summed E-state index contributed by atoms with van der Waals surface area (Å²) in [7, 11) is 5.99. The van der Waals surface area contributed by atoms with Crippen LogP contribution < -0.4 is 0 Å². The Morgan fingerprint density at radius 2 is 1.96 bits per heavy atom. The van der Waals surface area contributed by atoms with Crippen LogP contribution in [0.2, 0.25) is 6.32 Å². The molecule has 0 aromatic heterocycles. The Bertz CT molecular complexity index is 651. The lowest BCUT2D eigenvalue weighted by molar-refractivity contribution is -0.00587. The van der Waals surface area contributed by atoms with Gasteiger partial charge in [-0.3, -0.25) is 0 Å². The third-order valence-electron chi connectivity index (χ3n) is 8.10. The van der Waals surface area contributed by atoms with E-state index in [1.165, 1.54) is 49.7 Å². The summed E-state index contributed by atoms with van der Waals surface area (Å²) >= 11 is 0. The summed E-state index contributed by atoms with van der Waals surface area (Å²) in [5, 5.41) is 11.2. The van der Waals surface area contributed by atoms with E-state index >= 15 is 0 Å². The quantitative estimate of drug-likeness (QED) is 0.274. The van der Waals surface area contributed by atoms with E-state index in [1.807, 2.05) is 0 Å². The second-order valence-electron chi connectivity index (χ2n) is 11.0. The number of unbranched alkanes of at least 4 members (excludes halogenated alkanes) is 3. The Balaban J connectivity index is 1.83. The second kappa shape index (κ2) is 8.45. The molecule has 0 aromatic rings. The van der Waals surface area contributed by atoms with E-state index in [4.69, 9.17) is 7.85 Å². The van der Waals surface area contributed by atoms with Crippen molar-refractivity contribution in [3.63, 3.8) is 0 Å². The van der Waals surface area contributed by atoms with Gasteiger partial charge in [-0.15, -0.1) is 0 Å². The van der Waals surface area contributed by atoms with Crippen LogP contribution in [0.5, 0.6) is 0 Å². The van der Waals surface area contributed by atoms with Crippen molar-refractivity contribution in [3.05, 3.63) is 35.1 Å². The van der Waals surface area contributed by atoms with Crippen molar-refractivity contribution in [2.75, 3.05) is 0 Å². The molecule has 2 heteroatoms. The van der Waals surface area contributed by atoms with Gasteiger partial charge >= 0.3 is 0 Å². The van der Waals surface area contributed by atoms with Crippen molar-refractivity contribution in [2.24, 2.45) is 34.5 Å². The van der Waals surface area contributed by atoms with Crippen LogP contribution in [0.25, 0.3) is 0 Å². The van der Waals surface area contributed by atoms with Crippen molar-refractivity contribution in [2.45, 2.75) is 92.3 Å². The summed E-state index contributed by atoms with van der Waals surface area (Å²) in [5.74, 6) is 2.57. The van der Waals surface area contributed by atoms with Gasteiger partial charge in [0.15, 0.2) is 0 Å². The molecule has 3 unspecified atom stereocenters. The monoisotopic (exact) mass is 380 g/mol. The lowest BCUT2D eigenvalue weighted by Crippen LogP contribution is -2.47. The first-order chi connectivity index (χ1) is 13.2. The molecule has 3 aliphatic carbocycles. The first-order valence-electron chi connectivity index (χ1n) is 11.7. The molecule has 0 heterocycles. The number of hydrogen-bond acceptors (Lipinski definition) is 1. The minimum absolute atomic E-state index is 0.141. The van der Waals surface area contributed by atoms with E-state index in [-0.39, 0.29) is 11.3 Å². The Morgan fingerprint density at radius 3 is 2.64 bits per heavy atom. The highest BCUT2D eigenvalue weighted by Gasteiger charge is 2.51. The molecule has 3 rings (SSSR count). The highest BCUT2D eigenvalue weighted by atomic mass is 16.3. The highest BCUT2D eigenvalue weighted by Crippen LogP contribution is 2.58. The molecule has 154 valence electrons. The Kier molecular flexibility index (Phi) is 6.57. The van der Waals surface area contributed by atoms with Gasteiger partial charge < -0.3 is 5.11 Å². The molecule has 1 fully saturated rings. The summed E-state index contributed by atoms with van der Waals surface area (Å²) in [6, 6.07) is 0. The van der Waals surface area contributed by atoms with E-state index in [1.54, 1.807) is 0 Å². The van der Waals surface area contributed by atoms with Crippen molar-refractivity contribution < 1.29 is 5.11 Å². The average Bonchev–Trinajstić information content (AvgIpc) is 2.63. The summed E-state index contributed by atoms with van der Waals surface area (Å²) in [5.41, 5.74) is 3.20. The normalized spacial score (nSPS) is 32.0. The number of aliphatic hydroxyl groups is 1. The molecule has 1 nitrogen and oxygen atoms in total. The molecule has 1 saturated carbocycles. The second-order valence-corrected chi connectivity index (χ2v) is 11.0. The maximum absolute atomic E-state index is 11.2. The minimum Gasteiger partial charge on any atom is -0.512 e. The Morgan fingerprint density at radius 1 is 1.21 bits per heavy atom. The zero-order chi connectivity index (χ0) is 20.5. The fourth-order valence-electron chi connectivity index (χ4n) is 6.34. The maximum Gasteiger partial charge on any atom is 0.0965 e. The fraction of sp³-hybridized carbons (Fsp3) is 0.769. The summed E-state index contributed by atoms with van der Waals surface area (Å²) in [4.78, 5) is 0. The third-order valence-corrected chi connectivity index (χ3v) is 8.10. The minimum atomic E-state index is 0.141. The molecular formula is C26H41BO. The van der Waals surface area contributed by atoms with Gasteiger partial charge in [0.25, 0.3) is 0 Å². The smallest absolute Gasteiger partial charge is 0.0965 e. The topological polar surface area (TPSA) is 20.2 Å².